The molecule has 1 saturated heterocycles. The number of phenolic OH excluding ortho intramolecular Hbond substituents is 1. The lowest BCUT2D eigenvalue weighted by Crippen LogP contribution is -2.48. The fourth-order valence-corrected chi connectivity index (χ4v) is 3.06. The van der Waals surface area contributed by atoms with Gasteiger partial charge in [0.1, 0.15) is 10.1 Å². The second-order valence-electron chi connectivity index (χ2n) is 4.14. The maximum absolute atomic E-state index is 12.1. The number of carboxylic acids is 1. The zero-order chi connectivity index (χ0) is 14.9. The van der Waals surface area contributed by atoms with Crippen LogP contribution < -0.4 is 5.11 Å². The first-order valence-corrected chi connectivity index (χ1v) is 6.89. The Morgan fingerprint density at radius 2 is 2.05 bits per heavy atom. The van der Waals surface area contributed by atoms with Crippen molar-refractivity contribution in [2.24, 2.45) is 0 Å². The number of amides is 1. The third kappa shape index (κ3) is 2.83. The van der Waals surface area contributed by atoms with Gasteiger partial charge >= 0.3 is 0 Å². The second kappa shape index (κ2) is 5.64. The maximum Gasteiger partial charge on any atom is 0.266 e. The number of benzene rings is 1. The molecular formula is C13H10NO4S2-. The van der Waals surface area contributed by atoms with Crippen LogP contribution in [-0.2, 0) is 9.59 Å². The summed E-state index contributed by atoms with van der Waals surface area (Å²) in [6.45, 7) is 1.35. The van der Waals surface area contributed by atoms with E-state index in [1.54, 1.807) is 18.2 Å². The van der Waals surface area contributed by atoms with Gasteiger partial charge < -0.3 is 15.0 Å². The zero-order valence-corrected chi connectivity index (χ0v) is 12.0. The molecule has 1 aromatic rings. The second-order valence-corrected chi connectivity index (χ2v) is 5.81. The topological polar surface area (TPSA) is 80.7 Å². The number of aromatic hydroxyl groups is 1. The van der Waals surface area contributed by atoms with Gasteiger partial charge in [0.15, 0.2) is 0 Å². The van der Waals surface area contributed by atoms with E-state index < -0.39 is 17.9 Å². The van der Waals surface area contributed by atoms with Crippen LogP contribution in [0.3, 0.4) is 0 Å². The van der Waals surface area contributed by atoms with Crippen LogP contribution in [0, 0.1) is 0 Å². The van der Waals surface area contributed by atoms with E-state index in [-0.39, 0.29) is 10.1 Å². The first-order valence-electron chi connectivity index (χ1n) is 5.67. The molecule has 0 aromatic heterocycles. The zero-order valence-electron chi connectivity index (χ0n) is 10.4. The van der Waals surface area contributed by atoms with Gasteiger partial charge in [-0.1, -0.05) is 36.1 Å². The van der Waals surface area contributed by atoms with Crippen LogP contribution in [0.2, 0.25) is 0 Å². The van der Waals surface area contributed by atoms with Crippen molar-refractivity contribution < 1.29 is 19.8 Å². The van der Waals surface area contributed by atoms with Crippen molar-refractivity contribution >= 4 is 46.3 Å². The van der Waals surface area contributed by atoms with Crippen LogP contribution in [0.5, 0.6) is 5.75 Å². The molecule has 1 heterocycles. The summed E-state index contributed by atoms with van der Waals surface area (Å²) in [4.78, 5) is 24.4. The van der Waals surface area contributed by atoms with Crippen LogP contribution in [0.25, 0.3) is 6.08 Å². The predicted molar refractivity (Wildman–Crippen MR) is 77.6 cm³/mol. The summed E-state index contributed by atoms with van der Waals surface area (Å²) in [6.07, 6.45) is 1.60. The Balaban J connectivity index is 2.28. The van der Waals surface area contributed by atoms with Crippen molar-refractivity contribution in [3.63, 3.8) is 0 Å². The van der Waals surface area contributed by atoms with E-state index in [0.29, 0.717) is 10.5 Å². The third-order valence-electron chi connectivity index (χ3n) is 2.74. The molecule has 20 heavy (non-hydrogen) atoms. The van der Waals surface area contributed by atoms with Crippen molar-refractivity contribution in [3.05, 3.63) is 34.7 Å². The van der Waals surface area contributed by atoms with Crippen molar-refractivity contribution in [1.29, 1.82) is 0 Å². The van der Waals surface area contributed by atoms with Gasteiger partial charge in [0.2, 0.25) is 0 Å². The normalized spacial score (nSPS) is 18.6. The van der Waals surface area contributed by atoms with Crippen LogP contribution in [0.1, 0.15) is 12.5 Å². The van der Waals surface area contributed by atoms with Gasteiger partial charge in [0.25, 0.3) is 5.91 Å². The number of carbonyl (C=O) groups excluding carboxylic acids is 2. The molecule has 0 unspecified atom stereocenters. The SMILES string of the molecule is C[C@H](C(=O)[O-])N1C(=O)/C(=C\c2ccc(O)cc2)SC1=S. The average molecular weight is 308 g/mol. The molecule has 0 aliphatic carbocycles. The van der Waals surface area contributed by atoms with Crippen LogP contribution in [-0.4, -0.2) is 32.2 Å². The highest BCUT2D eigenvalue weighted by atomic mass is 32.2. The van der Waals surface area contributed by atoms with Crippen LogP contribution in [0.15, 0.2) is 29.2 Å². The number of rotatable bonds is 3. The van der Waals surface area contributed by atoms with Crippen molar-refractivity contribution in [1.82, 2.24) is 4.90 Å². The number of thioether (sulfide) groups is 1. The molecule has 1 aromatic carbocycles. The smallest absolute Gasteiger partial charge is 0.266 e. The van der Waals surface area contributed by atoms with E-state index in [1.807, 2.05) is 0 Å². The van der Waals surface area contributed by atoms with E-state index >= 15 is 0 Å². The van der Waals surface area contributed by atoms with Gasteiger partial charge in [-0.05, 0) is 30.7 Å². The summed E-state index contributed by atoms with van der Waals surface area (Å²) >= 11 is 6.07. The number of hydrogen-bond acceptors (Lipinski definition) is 6. The Morgan fingerprint density at radius 1 is 1.45 bits per heavy atom. The van der Waals surface area contributed by atoms with Gasteiger partial charge in [-0.25, -0.2) is 0 Å². The standard InChI is InChI=1S/C13H11NO4S2/c1-7(12(17)18)14-11(16)10(20-13(14)19)6-8-2-4-9(15)5-3-8/h2-7,15H,1H3,(H,17,18)/p-1/b10-6+/t7-/m1/s1. The third-order valence-corrected chi connectivity index (χ3v) is 4.07. The minimum absolute atomic E-state index is 0.125. The first kappa shape index (κ1) is 14.5. The Hall–Kier alpha value is -1.86. The quantitative estimate of drug-likeness (QED) is 0.655. The predicted octanol–water partition coefficient (Wildman–Crippen LogP) is 0.732. The summed E-state index contributed by atoms with van der Waals surface area (Å²) in [5.74, 6) is -1.68. The number of carboxylic acid groups (broad SMARTS) is 1. The van der Waals surface area contributed by atoms with E-state index in [1.165, 1.54) is 19.1 Å². The monoisotopic (exact) mass is 308 g/mol. The number of hydrogen-bond donors (Lipinski definition) is 1. The Morgan fingerprint density at radius 3 is 2.60 bits per heavy atom. The molecule has 1 aliphatic heterocycles. The minimum Gasteiger partial charge on any atom is -0.548 e. The van der Waals surface area contributed by atoms with Gasteiger partial charge in [0.05, 0.1) is 16.9 Å². The number of thiocarbonyl (C=S) groups is 1. The van der Waals surface area contributed by atoms with Crippen LogP contribution in [0.4, 0.5) is 0 Å². The van der Waals surface area contributed by atoms with Crippen molar-refractivity contribution in [2.75, 3.05) is 0 Å². The highest BCUT2D eigenvalue weighted by Crippen LogP contribution is 2.33. The van der Waals surface area contributed by atoms with E-state index in [9.17, 15) is 19.8 Å². The number of carbonyl (C=O) groups is 2. The molecule has 0 spiro atoms. The van der Waals surface area contributed by atoms with Gasteiger partial charge in [-0.2, -0.15) is 0 Å². The average Bonchev–Trinajstić information content (AvgIpc) is 2.66. The molecule has 0 radical (unpaired) electrons. The van der Waals surface area contributed by atoms with Gasteiger partial charge in [0, 0.05) is 0 Å². The summed E-state index contributed by atoms with van der Waals surface area (Å²) in [5.41, 5.74) is 0.712. The van der Waals surface area contributed by atoms with Gasteiger partial charge in [-0.15, -0.1) is 0 Å². The lowest BCUT2D eigenvalue weighted by Gasteiger charge is -2.23. The van der Waals surface area contributed by atoms with Crippen LogP contribution >= 0.6 is 24.0 Å². The Bertz CT molecular complexity index is 609. The molecule has 1 aliphatic rings. The largest absolute Gasteiger partial charge is 0.548 e. The molecule has 5 nitrogen and oxygen atoms in total. The fraction of sp³-hybridized carbons (Fsp3) is 0.154. The Kier molecular flexibility index (Phi) is 4.10. The molecule has 1 fully saturated rings. The number of phenols is 1. The first-order chi connectivity index (χ1) is 9.40. The lowest BCUT2D eigenvalue weighted by atomic mass is 10.2. The molecule has 1 amide bonds. The summed E-state index contributed by atoms with van der Waals surface area (Å²) < 4.78 is 0.191. The molecule has 0 bridgehead atoms. The van der Waals surface area contributed by atoms with E-state index in [0.717, 1.165) is 16.7 Å². The highest BCUT2D eigenvalue weighted by molar-refractivity contribution is 8.26. The number of nitrogens with zero attached hydrogens (tertiary/aromatic N) is 1. The molecule has 2 rings (SSSR count). The summed E-state index contributed by atoms with van der Waals surface area (Å²) in [6, 6.07) is 5.18. The Labute approximate surface area is 124 Å². The molecule has 0 saturated carbocycles. The fourth-order valence-electron chi connectivity index (χ4n) is 1.64. The lowest BCUT2D eigenvalue weighted by molar-refractivity contribution is -0.309. The number of aliphatic carboxylic acids is 1. The van der Waals surface area contributed by atoms with Crippen molar-refractivity contribution in [2.45, 2.75) is 13.0 Å². The molecule has 104 valence electrons. The summed E-state index contributed by atoms with van der Waals surface area (Å²) in [5, 5.41) is 20.1. The minimum atomic E-state index is -1.35. The summed E-state index contributed by atoms with van der Waals surface area (Å²) in [7, 11) is 0. The molecule has 7 heteroatoms. The van der Waals surface area contributed by atoms with E-state index in [2.05, 4.69) is 0 Å². The molecule has 1 N–H and O–H groups in total. The maximum atomic E-state index is 12.1. The highest BCUT2D eigenvalue weighted by Gasteiger charge is 2.35. The molecule has 1 atom stereocenters. The van der Waals surface area contributed by atoms with Gasteiger partial charge in [-0.3, -0.25) is 9.69 Å². The van der Waals surface area contributed by atoms with Crippen molar-refractivity contribution in [3.8, 4) is 5.75 Å². The van der Waals surface area contributed by atoms with E-state index in [4.69, 9.17) is 12.2 Å². The molecular weight excluding hydrogens is 298 g/mol.